The highest BCUT2D eigenvalue weighted by atomic mass is 35.5. The summed E-state index contributed by atoms with van der Waals surface area (Å²) >= 11 is 6.37. The van der Waals surface area contributed by atoms with Gasteiger partial charge in [0.2, 0.25) is 5.78 Å². The first-order chi connectivity index (χ1) is 16.3. The summed E-state index contributed by atoms with van der Waals surface area (Å²) in [5.74, 6) is -1.06. The van der Waals surface area contributed by atoms with E-state index in [1.807, 2.05) is 0 Å². The lowest BCUT2D eigenvalue weighted by Crippen LogP contribution is -2.48. The Morgan fingerprint density at radius 1 is 1.12 bits per heavy atom. The molecule has 8 nitrogen and oxygen atoms in total. The number of ketones is 1. The van der Waals surface area contributed by atoms with Crippen LogP contribution in [0.4, 0.5) is 0 Å². The lowest BCUT2D eigenvalue weighted by Gasteiger charge is -2.28. The zero-order valence-electron chi connectivity index (χ0n) is 18.7. The van der Waals surface area contributed by atoms with E-state index in [9.17, 15) is 24.7 Å². The molecule has 1 saturated carbocycles. The monoisotopic (exact) mass is 486 g/mol. The van der Waals surface area contributed by atoms with Crippen LogP contribution in [-0.2, 0) is 4.79 Å². The molecule has 0 spiro atoms. The van der Waals surface area contributed by atoms with Gasteiger partial charge in [0, 0.05) is 12.1 Å². The molecule has 0 unspecified atom stereocenters. The number of Topliss-reactive ketones (excluding diaryl/α,β-unsaturated/α-hetero) is 1. The Kier molecular flexibility index (Phi) is 7.90. The molecule has 2 aromatic rings. The van der Waals surface area contributed by atoms with E-state index in [0.29, 0.717) is 22.9 Å². The van der Waals surface area contributed by atoms with E-state index in [4.69, 9.17) is 16.3 Å². The Morgan fingerprint density at radius 2 is 1.79 bits per heavy atom. The second kappa shape index (κ2) is 10.9. The number of nitrogens with zero attached hydrogens (tertiary/aromatic N) is 1. The number of aliphatic hydroxyl groups excluding tert-OH is 1. The van der Waals surface area contributed by atoms with Crippen molar-refractivity contribution in [2.45, 2.75) is 43.9 Å². The molecule has 2 aromatic carbocycles. The molecule has 4 N–H and O–H groups in total. The van der Waals surface area contributed by atoms with Crippen LogP contribution in [0.5, 0.6) is 5.75 Å². The van der Waals surface area contributed by atoms with Gasteiger partial charge in [-0.15, -0.1) is 0 Å². The Bertz CT molecular complexity index is 1020. The van der Waals surface area contributed by atoms with Gasteiger partial charge in [-0.3, -0.25) is 9.59 Å². The lowest BCUT2D eigenvalue weighted by molar-refractivity contribution is -0.118. The summed E-state index contributed by atoms with van der Waals surface area (Å²) < 4.78 is 5.76. The molecule has 2 atom stereocenters. The highest BCUT2D eigenvalue weighted by Gasteiger charge is 2.30. The molecule has 1 saturated heterocycles. The highest BCUT2D eigenvalue weighted by Crippen LogP contribution is 2.34. The van der Waals surface area contributed by atoms with Gasteiger partial charge in [0.25, 0.3) is 5.91 Å². The number of likely N-dealkylation sites (tertiary alicyclic amines) is 1. The summed E-state index contributed by atoms with van der Waals surface area (Å²) in [4.78, 5) is 27.6. The summed E-state index contributed by atoms with van der Waals surface area (Å²) in [6, 6.07) is 9.80. The van der Waals surface area contributed by atoms with E-state index < -0.39 is 31.0 Å². The average Bonchev–Trinajstić information content (AvgIpc) is 3.50. The zero-order chi connectivity index (χ0) is 24.2. The standard InChI is InChI=1S/C24H28BClN2O6/c26-19-13-16(5-10-21(19)34-18-8-9-18)22(29)20(14-28-11-1-2-12-28)27-24(31)23(30)15-3-6-17(7-4-15)25(32)33/h3-7,10,13,18,20,22,29,32-33H,1-2,8-9,11-12,14H2,(H,27,31)/t20-,22-/m1/s1. The van der Waals surface area contributed by atoms with Crippen LogP contribution >= 0.6 is 11.6 Å². The number of nitrogens with one attached hydrogen (secondary N) is 1. The first kappa shape index (κ1) is 24.7. The predicted octanol–water partition coefficient (Wildman–Crippen LogP) is 1.06. The minimum Gasteiger partial charge on any atom is -0.489 e. The molecule has 1 amide bonds. The van der Waals surface area contributed by atoms with Crippen LogP contribution in [0.25, 0.3) is 0 Å². The minimum absolute atomic E-state index is 0.112. The van der Waals surface area contributed by atoms with Gasteiger partial charge in [0.1, 0.15) is 11.9 Å². The Hall–Kier alpha value is -2.43. The predicted molar refractivity (Wildman–Crippen MR) is 128 cm³/mol. The van der Waals surface area contributed by atoms with Crippen molar-refractivity contribution in [3.05, 3.63) is 58.6 Å². The summed E-state index contributed by atoms with van der Waals surface area (Å²) in [7, 11) is -1.66. The van der Waals surface area contributed by atoms with Crippen molar-refractivity contribution in [2.24, 2.45) is 0 Å². The van der Waals surface area contributed by atoms with Crippen molar-refractivity contribution in [3.8, 4) is 5.75 Å². The largest absolute Gasteiger partial charge is 0.489 e. The van der Waals surface area contributed by atoms with Crippen LogP contribution in [0.15, 0.2) is 42.5 Å². The van der Waals surface area contributed by atoms with E-state index in [2.05, 4.69) is 10.2 Å². The minimum atomic E-state index is -1.66. The van der Waals surface area contributed by atoms with E-state index in [1.165, 1.54) is 24.3 Å². The summed E-state index contributed by atoms with van der Waals surface area (Å²) in [6.07, 6.45) is 3.19. The van der Waals surface area contributed by atoms with Gasteiger partial charge < -0.3 is 30.1 Å². The topological polar surface area (TPSA) is 119 Å². The second-order valence-electron chi connectivity index (χ2n) is 8.86. The molecule has 1 aliphatic carbocycles. The molecule has 1 aliphatic heterocycles. The quantitative estimate of drug-likeness (QED) is 0.225. The number of rotatable bonds is 10. The van der Waals surface area contributed by atoms with Gasteiger partial charge >= 0.3 is 7.12 Å². The molecule has 1 heterocycles. The van der Waals surface area contributed by atoms with Crippen molar-refractivity contribution < 1.29 is 29.5 Å². The van der Waals surface area contributed by atoms with E-state index >= 15 is 0 Å². The maximum absolute atomic E-state index is 12.8. The maximum Gasteiger partial charge on any atom is 0.488 e. The van der Waals surface area contributed by atoms with Crippen LogP contribution in [0, 0.1) is 0 Å². The molecular formula is C24H28BClN2O6. The fourth-order valence-electron chi connectivity index (χ4n) is 4.03. The Labute approximate surface area is 203 Å². The number of carbonyl (C=O) groups is 2. The Morgan fingerprint density at radius 3 is 2.38 bits per heavy atom. The van der Waals surface area contributed by atoms with Crippen LogP contribution in [0.1, 0.15) is 47.7 Å². The maximum atomic E-state index is 12.8. The lowest BCUT2D eigenvalue weighted by atomic mass is 9.80. The molecule has 0 bridgehead atoms. The SMILES string of the molecule is O=C(N[C@H](CN1CCCC1)[C@H](O)c1ccc(OC2CC2)c(Cl)c1)C(=O)c1ccc(B(O)O)cc1. The van der Waals surface area contributed by atoms with Crippen molar-refractivity contribution in [2.75, 3.05) is 19.6 Å². The number of carbonyl (C=O) groups excluding carboxylic acids is 2. The van der Waals surface area contributed by atoms with Crippen molar-refractivity contribution in [3.63, 3.8) is 0 Å². The molecule has 0 aromatic heterocycles. The van der Waals surface area contributed by atoms with E-state index in [-0.39, 0.29) is 17.1 Å². The first-order valence-corrected chi connectivity index (χ1v) is 11.9. The van der Waals surface area contributed by atoms with E-state index in [0.717, 1.165) is 38.8 Å². The third-order valence-corrected chi connectivity index (χ3v) is 6.44. The fourth-order valence-corrected chi connectivity index (χ4v) is 4.27. The number of amides is 1. The van der Waals surface area contributed by atoms with Crippen LogP contribution < -0.4 is 15.5 Å². The summed E-state index contributed by atoms with van der Waals surface area (Å²) in [6.45, 7) is 2.09. The normalized spacial score (nSPS) is 17.8. The van der Waals surface area contributed by atoms with Crippen molar-refractivity contribution in [1.82, 2.24) is 10.2 Å². The molecule has 0 radical (unpaired) electrons. The second-order valence-corrected chi connectivity index (χ2v) is 9.27. The Balaban J connectivity index is 1.48. The van der Waals surface area contributed by atoms with Gasteiger partial charge in [-0.2, -0.15) is 0 Å². The smallest absolute Gasteiger partial charge is 0.488 e. The van der Waals surface area contributed by atoms with Crippen LogP contribution in [-0.4, -0.2) is 70.6 Å². The van der Waals surface area contributed by atoms with E-state index in [1.54, 1.807) is 18.2 Å². The average molecular weight is 487 g/mol. The first-order valence-electron chi connectivity index (χ1n) is 11.5. The fraction of sp³-hybridized carbons (Fsp3) is 0.417. The number of aliphatic hydroxyl groups is 1. The number of halogens is 1. The zero-order valence-corrected chi connectivity index (χ0v) is 19.4. The number of benzene rings is 2. The third-order valence-electron chi connectivity index (χ3n) is 6.14. The summed E-state index contributed by atoms with van der Waals surface area (Å²) in [5.41, 5.74) is 0.845. The molecule has 180 valence electrons. The number of ether oxygens (including phenoxy) is 1. The number of hydrogen-bond donors (Lipinski definition) is 4. The molecule has 2 aliphatic rings. The molecule has 34 heavy (non-hydrogen) atoms. The van der Waals surface area contributed by atoms with Gasteiger partial charge in [-0.05, 0) is 61.9 Å². The van der Waals surface area contributed by atoms with Crippen LogP contribution in [0.2, 0.25) is 5.02 Å². The van der Waals surface area contributed by atoms with Gasteiger partial charge in [-0.1, -0.05) is 41.9 Å². The number of hydrogen-bond acceptors (Lipinski definition) is 7. The van der Waals surface area contributed by atoms with Gasteiger partial charge in [0.15, 0.2) is 0 Å². The third kappa shape index (κ3) is 6.17. The van der Waals surface area contributed by atoms with Crippen molar-refractivity contribution >= 4 is 35.9 Å². The summed E-state index contributed by atoms with van der Waals surface area (Å²) in [5, 5.41) is 32.6. The molecule has 2 fully saturated rings. The molecule has 10 heteroatoms. The van der Waals surface area contributed by atoms with Gasteiger partial charge in [-0.25, -0.2) is 0 Å². The van der Waals surface area contributed by atoms with Crippen LogP contribution in [0.3, 0.4) is 0 Å². The van der Waals surface area contributed by atoms with Gasteiger partial charge in [0.05, 0.1) is 17.2 Å². The molecule has 4 rings (SSSR count). The highest BCUT2D eigenvalue weighted by molar-refractivity contribution is 6.58. The van der Waals surface area contributed by atoms with Crippen molar-refractivity contribution in [1.29, 1.82) is 0 Å². The molecular weight excluding hydrogens is 459 g/mol.